The number of carbonyl (C=O) groups excluding carboxylic acids is 1. The summed E-state index contributed by atoms with van der Waals surface area (Å²) in [6.45, 7) is 0.00487. The Morgan fingerprint density at radius 2 is 2.04 bits per heavy atom. The van der Waals surface area contributed by atoms with E-state index in [9.17, 15) is 18.3 Å². The Balaban J connectivity index is 2.12. The first-order chi connectivity index (χ1) is 10.8. The van der Waals surface area contributed by atoms with E-state index >= 15 is 0 Å². The number of rotatable bonds is 4. The van der Waals surface area contributed by atoms with Crippen molar-refractivity contribution in [2.75, 3.05) is 24.2 Å². The Kier molecular flexibility index (Phi) is 3.61. The molecule has 3 rings (SSSR count). The maximum Gasteiger partial charge on any atom is 0.277 e. The fourth-order valence-corrected chi connectivity index (χ4v) is 4.53. The van der Waals surface area contributed by atoms with Gasteiger partial charge in [-0.05, 0) is 18.8 Å². The van der Waals surface area contributed by atoms with E-state index in [0.717, 1.165) is 17.7 Å². The molecule has 0 aromatic carbocycles. The number of fused-ring (bicyclic) bond motifs is 1. The molecular weight excluding hydrogens is 320 g/mol. The quantitative estimate of drug-likeness (QED) is 0.737. The van der Waals surface area contributed by atoms with Crippen LogP contribution in [0.1, 0.15) is 23.3 Å². The van der Waals surface area contributed by atoms with Crippen molar-refractivity contribution < 1.29 is 18.3 Å². The molecule has 2 aliphatic rings. The van der Waals surface area contributed by atoms with Crippen molar-refractivity contribution in [1.82, 2.24) is 14.5 Å². The van der Waals surface area contributed by atoms with Crippen molar-refractivity contribution in [3.63, 3.8) is 0 Å². The molecule has 1 N–H and O–H groups in total. The number of aliphatic hydroxyl groups excluding tert-OH is 1. The zero-order valence-electron chi connectivity index (χ0n) is 12.9. The monoisotopic (exact) mass is 338 g/mol. The summed E-state index contributed by atoms with van der Waals surface area (Å²) in [6.07, 6.45) is 5.82. The largest absolute Gasteiger partial charge is 0.356 e. The lowest BCUT2D eigenvalue weighted by Crippen LogP contribution is -2.54. The second-order valence-electron chi connectivity index (χ2n) is 5.94. The summed E-state index contributed by atoms with van der Waals surface area (Å²) >= 11 is 0. The zero-order valence-corrected chi connectivity index (χ0v) is 13.7. The number of hydrogen-bond acceptors (Lipinski definition) is 6. The second-order valence-corrected chi connectivity index (χ2v) is 7.87. The molecule has 1 saturated carbocycles. The van der Waals surface area contributed by atoms with Gasteiger partial charge in [0.05, 0.1) is 12.3 Å². The molecule has 23 heavy (non-hydrogen) atoms. The van der Waals surface area contributed by atoms with Crippen molar-refractivity contribution in [3.05, 3.63) is 5.69 Å². The van der Waals surface area contributed by atoms with E-state index in [1.807, 2.05) is 0 Å². The highest BCUT2D eigenvalue weighted by atomic mass is 32.2. The SMILES string of the molecule is C#CCN1c2nc(S(=O)(=O)CC3CC3)n(C)c2C(=O)N(C)C1O. The summed E-state index contributed by atoms with van der Waals surface area (Å²) in [5.41, 5.74) is 0.113. The summed E-state index contributed by atoms with van der Waals surface area (Å²) in [5, 5.41) is 10.0. The van der Waals surface area contributed by atoms with Crippen LogP contribution in [-0.2, 0) is 16.9 Å². The van der Waals surface area contributed by atoms with Crippen molar-refractivity contribution in [1.29, 1.82) is 0 Å². The van der Waals surface area contributed by atoms with E-state index in [2.05, 4.69) is 10.9 Å². The summed E-state index contributed by atoms with van der Waals surface area (Å²) in [7, 11) is -0.687. The minimum atomic E-state index is -3.60. The van der Waals surface area contributed by atoms with Crippen molar-refractivity contribution >= 4 is 21.6 Å². The van der Waals surface area contributed by atoms with Crippen LogP contribution in [0.3, 0.4) is 0 Å². The lowest BCUT2D eigenvalue weighted by Gasteiger charge is -2.37. The van der Waals surface area contributed by atoms with Crippen molar-refractivity contribution in [2.24, 2.45) is 13.0 Å². The summed E-state index contributed by atoms with van der Waals surface area (Å²) in [5.74, 6) is 2.19. The Labute approximate surface area is 134 Å². The van der Waals surface area contributed by atoms with Gasteiger partial charge >= 0.3 is 0 Å². The number of anilines is 1. The van der Waals surface area contributed by atoms with E-state index in [1.165, 1.54) is 23.6 Å². The fraction of sp³-hybridized carbons (Fsp3) is 0.571. The summed E-state index contributed by atoms with van der Waals surface area (Å²) in [4.78, 5) is 19.0. The van der Waals surface area contributed by atoms with Crippen LogP contribution in [0.5, 0.6) is 0 Å². The van der Waals surface area contributed by atoms with Crippen LogP contribution in [0.25, 0.3) is 0 Å². The Morgan fingerprint density at radius 1 is 1.39 bits per heavy atom. The number of hydrogen-bond donors (Lipinski definition) is 1. The third-order valence-electron chi connectivity index (χ3n) is 4.15. The first-order valence-electron chi connectivity index (χ1n) is 7.22. The second kappa shape index (κ2) is 5.25. The fourth-order valence-electron chi connectivity index (χ4n) is 2.70. The normalized spacial score (nSPS) is 21.3. The molecule has 1 aliphatic heterocycles. The molecule has 0 saturated heterocycles. The number of imidazole rings is 1. The molecule has 0 radical (unpaired) electrons. The highest BCUT2D eigenvalue weighted by Gasteiger charge is 2.41. The van der Waals surface area contributed by atoms with E-state index in [0.29, 0.717) is 0 Å². The molecule has 1 aromatic rings. The number of amides is 1. The molecule has 1 aromatic heterocycles. The molecule has 1 fully saturated rings. The van der Waals surface area contributed by atoms with E-state index < -0.39 is 22.1 Å². The minimum absolute atomic E-state index is 0.00487. The third-order valence-corrected chi connectivity index (χ3v) is 5.98. The standard InChI is InChI=1S/C14H18N4O4S/c1-4-7-18-11-10(12(19)17(3)14(18)20)16(2)13(15-11)23(21,22)8-9-5-6-9/h1,9,14,20H,5-8H2,2-3H3. The summed E-state index contributed by atoms with van der Waals surface area (Å²) < 4.78 is 26.3. The Bertz CT molecular complexity index is 803. The average Bonchev–Trinajstić information content (AvgIpc) is 3.21. The molecule has 0 bridgehead atoms. The van der Waals surface area contributed by atoms with E-state index in [4.69, 9.17) is 6.42 Å². The van der Waals surface area contributed by atoms with Gasteiger partial charge in [0.25, 0.3) is 5.91 Å². The van der Waals surface area contributed by atoms with Crippen LogP contribution in [0.15, 0.2) is 5.16 Å². The van der Waals surface area contributed by atoms with Gasteiger partial charge in [-0.2, -0.15) is 4.98 Å². The van der Waals surface area contributed by atoms with Crippen LogP contribution in [0.4, 0.5) is 5.82 Å². The topological polar surface area (TPSA) is 95.7 Å². The number of carbonyl (C=O) groups is 1. The predicted molar refractivity (Wildman–Crippen MR) is 82.3 cm³/mol. The summed E-state index contributed by atoms with van der Waals surface area (Å²) in [6, 6.07) is 0. The first-order valence-corrected chi connectivity index (χ1v) is 8.88. The Morgan fingerprint density at radius 3 is 2.61 bits per heavy atom. The average molecular weight is 338 g/mol. The van der Waals surface area contributed by atoms with Gasteiger partial charge < -0.3 is 14.6 Å². The van der Waals surface area contributed by atoms with Gasteiger partial charge in [-0.15, -0.1) is 6.42 Å². The highest BCUT2D eigenvalue weighted by molar-refractivity contribution is 7.91. The molecule has 1 unspecified atom stereocenters. The number of aromatic nitrogens is 2. The van der Waals surface area contributed by atoms with Gasteiger partial charge in [-0.3, -0.25) is 9.69 Å². The maximum atomic E-state index is 12.5. The van der Waals surface area contributed by atoms with Crippen molar-refractivity contribution in [2.45, 2.75) is 24.3 Å². The third kappa shape index (κ3) is 2.48. The van der Waals surface area contributed by atoms with Crippen LogP contribution in [0.2, 0.25) is 0 Å². The zero-order chi connectivity index (χ0) is 16.9. The van der Waals surface area contributed by atoms with Gasteiger partial charge in [-0.25, -0.2) is 8.42 Å². The molecule has 0 spiro atoms. The first kappa shape index (κ1) is 15.8. The molecule has 8 nitrogen and oxygen atoms in total. The molecule has 1 amide bonds. The van der Waals surface area contributed by atoms with Gasteiger partial charge in [0, 0.05) is 14.1 Å². The van der Waals surface area contributed by atoms with E-state index in [-0.39, 0.29) is 34.9 Å². The molecule has 2 heterocycles. The van der Waals surface area contributed by atoms with E-state index in [1.54, 1.807) is 0 Å². The van der Waals surface area contributed by atoms with Crippen LogP contribution in [0, 0.1) is 18.3 Å². The molecule has 1 atom stereocenters. The smallest absolute Gasteiger partial charge is 0.277 e. The van der Waals surface area contributed by atoms with Crippen LogP contribution < -0.4 is 4.90 Å². The lowest BCUT2D eigenvalue weighted by molar-refractivity contribution is 0.0139. The number of nitrogens with zero attached hydrogens (tertiary/aromatic N) is 4. The molecular formula is C14H18N4O4S. The van der Waals surface area contributed by atoms with Gasteiger partial charge in [0.2, 0.25) is 21.3 Å². The molecule has 124 valence electrons. The van der Waals surface area contributed by atoms with Gasteiger partial charge in [-0.1, -0.05) is 5.92 Å². The van der Waals surface area contributed by atoms with Crippen molar-refractivity contribution in [3.8, 4) is 12.3 Å². The maximum absolute atomic E-state index is 12.5. The number of terminal acetylenes is 1. The molecule has 9 heteroatoms. The van der Waals surface area contributed by atoms with Gasteiger partial charge in [0.1, 0.15) is 0 Å². The lowest BCUT2D eigenvalue weighted by atomic mass is 10.2. The van der Waals surface area contributed by atoms with Crippen LogP contribution >= 0.6 is 0 Å². The number of sulfone groups is 1. The minimum Gasteiger partial charge on any atom is -0.356 e. The van der Waals surface area contributed by atoms with Crippen LogP contribution in [-0.4, -0.2) is 59.6 Å². The highest BCUT2D eigenvalue weighted by Crippen LogP contribution is 2.35. The molecule has 1 aliphatic carbocycles. The van der Waals surface area contributed by atoms with Gasteiger partial charge in [0.15, 0.2) is 11.5 Å². The number of aliphatic hydroxyl groups is 1. The Hall–Kier alpha value is -2.05. The predicted octanol–water partition coefficient (Wildman–Crippen LogP) is -0.595.